The molecule has 0 aliphatic carbocycles. The zero-order valence-electron chi connectivity index (χ0n) is 18.7. The van der Waals surface area contributed by atoms with Gasteiger partial charge in [0.05, 0.1) is 23.4 Å². The van der Waals surface area contributed by atoms with Crippen LogP contribution in [-0.2, 0) is 17.8 Å². The van der Waals surface area contributed by atoms with Gasteiger partial charge in [0.15, 0.2) is 0 Å². The minimum Gasteiger partial charge on any atom is -0.591 e. The Hall–Kier alpha value is -2.71. The van der Waals surface area contributed by atoms with Gasteiger partial charge in [-0.2, -0.15) is 0 Å². The Morgan fingerprint density at radius 1 is 1.22 bits per heavy atom. The Bertz CT molecular complexity index is 1120. The summed E-state index contributed by atoms with van der Waals surface area (Å²) in [4.78, 5) is 26.8. The molecule has 0 bridgehead atoms. The van der Waals surface area contributed by atoms with Crippen LogP contribution in [0.5, 0.6) is 5.75 Å². The first kappa shape index (κ1) is 22.5. The highest BCUT2D eigenvalue weighted by molar-refractivity contribution is 7.91. The summed E-state index contributed by atoms with van der Waals surface area (Å²) in [7, 11) is 0. The monoisotopic (exact) mass is 456 g/mol. The second-order valence-corrected chi connectivity index (χ2v) is 11.4. The van der Waals surface area contributed by atoms with Crippen molar-refractivity contribution in [1.82, 2.24) is 4.90 Å². The van der Waals surface area contributed by atoms with Crippen molar-refractivity contribution in [2.45, 2.75) is 51.4 Å². The van der Waals surface area contributed by atoms with E-state index in [9.17, 15) is 18.5 Å². The number of fused-ring (bicyclic) bond motifs is 2. The summed E-state index contributed by atoms with van der Waals surface area (Å²) in [5.41, 5.74) is 1.26. The largest absolute Gasteiger partial charge is 0.591 e. The van der Waals surface area contributed by atoms with Crippen molar-refractivity contribution in [2.24, 2.45) is 4.40 Å². The quantitative estimate of drug-likeness (QED) is 0.394. The number of nitrogens with zero attached hydrogens (tertiary/aromatic N) is 2. The van der Waals surface area contributed by atoms with Gasteiger partial charge in [-0.05, 0) is 58.9 Å². The highest BCUT2D eigenvalue weighted by atomic mass is 32.2. The molecule has 2 aromatic rings. The molecule has 6 nitrogen and oxygen atoms in total. The summed E-state index contributed by atoms with van der Waals surface area (Å²) in [6.07, 6.45) is 0.316. The summed E-state index contributed by atoms with van der Waals surface area (Å²) in [5, 5.41) is 0. The lowest BCUT2D eigenvalue weighted by Crippen LogP contribution is -2.46. The first-order chi connectivity index (χ1) is 14.9. The van der Waals surface area contributed by atoms with Gasteiger partial charge in [-0.1, -0.05) is 16.5 Å². The Morgan fingerprint density at radius 2 is 1.81 bits per heavy atom. The standard InChI is InChI=1S/C24H25FN2O4S/c1-14(26-32(30)23(2,3)4)19-11-16(25)10-15-12-24(5,31-20(15)19)13-27-21(28)17-8-6-7-9-18(17)22(27)29/h6-11H,12-13H2,1-5H3/b26-14+/t24?,32-/m1/s1. The van der Waals surface area contributed by atoms with Crippen molar-refractivity contribution >= 4 is 28.9 Å². The lowest BCUT2D eigenvalue weighted by atomic mass is 9.97. The predicted molar refractivity (Wildman–Crippen MR) is 121 cm³/mol. The number of halogens is 1. The number of hydrogen-bond donors (Lipinski definition) is 0. The van der Waals surface area contributed by atoms with Crippen molar-refractivity contribution in [3.05, 3.63) is 64.5 Å². The maximum Gasteiger partial charge on any atom is 0.261 e. The van der Waals surface area contributed by atoms with E-state index in [-0.39, 0.29) is 18.4 Å². The maximum atomic E-state index is 14.4. The van der Waals surface area contributed by atoms with Gasteiger partial charge < -0.3 is 9.29 Å². The Morgan fingerprint density at radius 3 is 2.38 bits per heavy atom. The summed E-state index contributed by atoms with van der Waals surface area (Å²) >= 11 is -1.51. The van der Waals surface area contributed by atoms with E-state index in [4.69, 9.17) is 4.74 Å². The molecule has 2 heterocycles. The van der Waals surface area contributed by atoms with Crippen molar-refractivity contribution in [3.8, 4) is 5.75 Å². The number of amides is 2. The zero-order chi connectivity index (χ0) is 23.4. The van der Waals surface area contributed by atoms with E-state index in [0.29, 0.717) is 40.1 Å². The molecule has 1 unspecified atom stereocenters. The molecule has 0 fully saturated rings. The number of hydrogen-bond acceptors (Lipinski definition) is 5. The summed E-state index contributed by atoms with van der Waals surface area (Å²) in [6, 6.07) is 9.40. The summed E-state index contributed by atoms with van der Waals surface area (Å²) in [5.74, 6) is -0.742. The fraction of sp³-hybridized carbons (Fsp3) is 0.375. The summed E-state index contributed by atoms with van der Waals surface area (Å²) < 4.78 is 36.8. The van der Waals surface area contributed by atoms with Gasteiger partial charge in [-0.25, -0.2) is 4.39 Å². The van der Waals surface area contributed by atoms with Crippen LogP contribution in [0.15, 0.2) is 40.8 Å². The third kappa shape index (κ3) is 3.93. The van der Waals surface area contributed by atoms with Crippen LogP contribution in [0, 0.1) is 5.82 Å². The molecule has 2 aromatic carbocycles. The van der Waals surface area contributed by atoms with E-state index in [2.05, 4.69) is 4.40 Å². The molecular weight excluding hydrogens is 431 g/mol. The molecule has 8 heteroatoms. The van der Waals surface area contributed by atoms with Crippen LogP contribution in [-0.4, -0.2) is 43.9 Å². The molecule has 0 saturated heterocycles. The number of imide groups is 1. The molecule has 2 atom stereocenters. The van der Waals surface area contributed by atoms with Gasteiger partial charge >= 0.3 is 0 Å². The van der Waals surface area contributed by atoms with E-state index in [0.717, 1.165) is 0 Å². The average Bonchev–Trinajstić information content (AvgIpc) is 3.16. The second kappa shape index (κ2) is 7.71. The SMILES string of the molecule is C/C(=N\[S@+]([O-])C(C)(C)C)c1cc(F)cc2c1OC(C)(CN1C(=O)c3ccccc3C1=O)C2. The van der Waals surface area contributed by atoms with Crippen molar-refractivity contribution in [2.75, 3.05) is 6.54 Å². The molecule has 2 amide bonds. The van der Waals surface area contributed by atoms with E-state index in [1.807, 2.05) is 20.8 Å². The van der Waals surface area contributed by atoms with Crippen LogP contribution in [0.3, 0.4) is 0 Å². The first-order valence-corrected chi connectivity index (χ1v) is 11.4. The van der Waals surface area contributed by atoms with Crippen LogP contribution in [0.4, 0.5) is 4.39 Å². The number of rotatable bonds is 4. The second-order valence-electron chi connectivity index (χ2n) is 9.45. The predicted octanol–water partition coefficient (Wildman–Crippen LogP) is 4.09. The third-order valence-corrected chi connectivity index (χ3v) is 7.04. The Kier molecular flexibility index (Phi) is 5.41. The average molecular weight is 457 g/mol. The molecule has 0 radical (unpaired) electrons. The molecular formula is C24H25FN2O4S. The van der Waals surface area contributed by atoms with E-state index >= 15 is 0 Å². The van der Waals surface area contributed by atoms with Crippen molar-refractivity contribution < 1.29 is 23.3 Å². The Labute approximate surface area is 189 Å². The molecule has 168 valence electrons. The normalized spacial score (nSPS) is 21.5. The van der Waals surface area contributed by atoms with Crippen molar-refractivity contribution in [1.29, 1.82) is 0 Å². The molecule has 0 N–H and O–H groups in total. The minimum atomic E-state index is -1.51. The van der Waals surface area contributed by atoms with Gasteiger partial charge in [-0.3, -0.25) is 14.5 Å². The molecule has 0 spiro atoms. The summed E-state index contributed by atoms with van der Waals surface area (Å²) in [6.45, 7) is 8.92. The molecule has 32 heavy (non-hydrogen) atoms. The molecule has 2 aliphatic rings. The first-order valence-electron chi connectivity index (χ1n) is 10.3. The van der Waals surface area contributed by atoms with Crippen LogP contribution in [0.2, 0.25) is 0 Å². The van der Waals surface area contributed by atoms with E-state index in [1.54, 1.807) is 38.1 Å². The molecule has 0 aromatic heterocycles. The van der Waals surface area contributed by atoms with Crippen LogP contribution >= 0.6 is 0 Å². The Balaban J connectivity index is 1.63. The lowest BCUT2D eigenvalue weighted by molar-refractivity contribution is 0.0419. The zero-order valence-corrected chi connectivity index (χ0v) is 19.5. The topological polar surface area (TPSA) is 82.0 Å². The minimum absolute atomic E-state index is 0.0270. The van der Waals surface area contributed by atoms with Gasteiger partial charge in [0, 0.05) is 17.5 Å². The maximum absolute atomic E-state index is 14.4. The number of carbonyl (C=O) groups excluding carboxylic acids is 2. The lowest BCUT2D eigenvalue weighted by Gasteiger charge is -2.28. The highest BCUT2D eigenvalue weighted by Gasteiger charge is 2.44. The third-order valence-electron chi connectivity index (χ3n) is 5.55. The number of benzene rings is 2. The molecule has 4 rings (SSSR count). The molecule has 0 saturated carbocycles. The van der Waals surface area contributed by atoms with E-state index in [1.165, 1.54) is 17.0 Å². The fourth-order valence-corrected chi connectivity index (χ4v) is 4.59. The highest BCUT2D eigenvalue weighted by Crippen LogP contribution is 2.40. The number of ether oxygens (including phenoxy) is 1. The van der Waals surface area contributed by atoms with Gasteiger partial charge in [0.25, 0.3) is 11.8 Å². The van der Waals surface area contributed by atoms with Crippen molar-refractivity contribution in [3.63, 3.8) is 0 Å². The van der Waals surface area contributed by atoms with E-state index < -0.39 is 27.5 Å². The van der Waals surface area contributed by atoms with Gasteiger partial charge in [0.2, 0.25) is 0 Å². The smallest absolute Gasteiger partial charge is 0.261 e. The van der Waals surface area contributed by atoms with Gasteiger partial charge in [0.1, 0.15) is 33.3 Å². The van der Waals surface area contributed by atoms with Crippen LogP contribution in [0.1, 0.15) is 66.5 Å². The van der Waals surface area contributed by atoms with Crippen LogP contribution in [0.25, 0.3) is 0 Å². The van der Waals surface area contributed by atoms with Gasteiger partial charge in [-0.15, -0.1) is 0 Å². The number of carbonyl (C=O) groups is 2. The molecule has 2 aliphatic heterocycles. The fourth-order valence-electron chi connectivity index (χ4n) is 3.97. The van der Waals surface area contributed by atoms with Crippen LogP contribution < -0.4 is 4.74 Å².